The lowest BCUT2D eigenvalue weighted by Gasteiger charge is -2.13. The molecule has 31 heavy (non-hydrogen) atoms. The molecule has 2 nitrogen and oxygen atoms in total. The quantitative estimate of drug-likeness (QED) is 0.299. The molecule has 0 unspecified atom stereocenters. The number of hydrogen-bond acceptors (Lipinski definition) is 1. The minimum absolute atomic E-state index is 0.944. The fourth-order valence-corrected chi connectivity index (χ4v) is 4.64. The fraction of sp³-hybridized carbons (Fsp3) is 0. The minimum Gasteiger partial charge on any atom is -0.292 e. The number of aromatic nitrogens is 2. The van der Waals surface area contributed by atoms with E-state index in [-0.39, 0.29) is 0 Å². The van der Waals surface area contributed by atoms with Gasteiger partial charge in [-0.2, -0.15) is 0 Å². The highest BCUT2D eigenvalue weighted by atomic mass is 15.0. The van der Waals surface area contributed by atoms with Crippen LogP contribution in [0.2, 0.25) is 0 Å². The molecule has 146 valence electrons. The van der Waals surface area contributed by atoms with Crippen molar-refractivity contribution in [3.05, 3.63) is 109 Å². The number of benzene rings is 4. The van der Waals surface area contributed by atoms with Gasteiger partial charge < -0.3 is 0 Å². The summed E-state index contributed by atoms with van der Waals surface area (Å²) in [5.74, 6) is 0. The van der Waals surface area contributed by atoms with Crippen molar-refractivity contribution in [3.63, 3.8) is 0 Å². The van der Waals surface area contributed by atoms with Crippen molar-refractivity contribution in [2.75, 3.05) is 0 Å². The van der Waals surface area contributed by atoms with E-state index in [9.17, 15) is 0 Å². The molecule has 0 saturated heterocycles. The molecule has 0 radical (unpaired) electrons. The van der Waals surface area contributed by atoms with Crippen molar-refractivity contribution in [2.45, 2.75) is 0 Å². The molecule has 6 rings (SSSR count). The Labute approximate surface area is 180 Å². The monoisotopic (exact) mass is 396 g/mol. The molecule has 0 aliphatic rings. The Morgan fingerprint density at radius 3 is 2.26 bits per heavy atom. The highest BCUT2D eigenvalue weighted by molar-refractivity contribution is 6.06. The van der Waals surface area contributed by atoms with Crippen LogP contribution in [0.4, 0.5) is 0 Å². The lowest BCUT2D eigenvalue weighted by Crippen LogP contribution is -1.97. The molecule has 2 aromatic heterocycles. The lowest BCUT2D eigenvalue weighted by molar-refractivity contribution is 1.21. The first kappa shape index (κ1) is 17.7. The number of hydrogen-bond donors (Lipinski definition) is 0. The van der Waals surface area contributed by atoms with Crippen molar-refractivity contribution >= 4 is 50.4 Å². The van der Waals surface area contributed by atoms with Gasteiger partial charge in [0.15, 0.2) is 0 Å². The fourth-order valence-electron chi connectivity index (χ4n) is 4.64. The summed E-state index contributed by atoms with van der Waals surface area (Å²) in [5.41, 5.74) is 7.46. The van der Waals surface area contributed by atoms with Gasteiger partial charge in [0.2, 0.25) is 0 Å². The summed E-state index contributed by atoms with van der Waals surface area (Å²) in [6.45, 7) is 8.17. The molecule has 0 fully saturated rings. The molecular formula is C29H20N2. The van der Waals surface area contributed by atoms with Crippen LogP contribution in [0.25, 0.3) is 61.5 Å². The van der Waals surface area contributed by atoms with Crippen molar-refractivity contribution in [1.29, 1.82) is 0 Å². The molecule has 0 bridgehead atoms. The van der Waals surface area contributed by atoms with E-state index in [0.717, 1.165) is 38.7 Å². The van der Waals surface area contributed by atoms with Crippen LogP contribution in [-0.4, -0.2) is 9.38 Å². The predicted molar refractivity (Wildman–Crippen MR) is 133 cm³/mol. The maximum Gasteiger partial charge on any atom is 0.146 e. The van der Waals surface area contributed by atoms with Gasteiger partial charge in [-0.3, -0.25) is 4.40 Å². The largest absolute Gasteiger partial charge is 0.292 e. The molecule has 0 amide bonds. The predicted octanol–water partition coefficient (Wildman–Crippen LogP) is 7.75. The average Bonchev–Trinajstić information content (AvgIpc) is 3.22. The van der Waals surface area contributed by atoms with Gasteiger partial charge in [0.1, 0.15) is 5.65 Å². The zero-order valence-corrected chi connectivity index (χ0v) is 17.0. The van der Waals surface area contributed by atoms with E-state index in [1.807, 2.05) is 24.3 Å². The van der Waals surface area contributed by atoms with Gasteiger partial charge in [-0.1, -0.05) is 79.9 Å². The van der Waals surface area contributed by atoms with Gasteiger partial charge in [-0.05, 0) is 57.6 Å². The Hall–Kier alpha value is -4.17. The molecule has 2 heteroatoms. The number of rotatable bonds is 3. The SMILES string of the molecule is C=Cc1c(C=C)n2c3ccccc3nc2c2cc(-c3ccc4ccccc4c3)ccc12. The van der Waals surface area contributed by atoms with Crippen LogP contribution < -0.4 is 0 Å². The van der Waals surface area contributed by atoms with Crippen molar-refractivity contribution in [2.24, 2.45) is 0 Å². The van der Waals surface area contributed by atoms with E-state index >= 15 is 0 Å². The van der Waals surface area contributed by atoms with Gasteiger partial charge in [-0.15, -0.1) is 0 Å². The summed E-state index contributed by atoms with van der Waals surface area (Å²) >= 11 is 0. The zero-order chi connectivity index (χ0) is 20.9. The number of imidazole rings is 1. The Balaban J connectivity index is 1.73. The Morgan fingerprint density at radius 1 is 0.677 bits per heavy atom. The smallest absolute Gasteiger partial charge is 0.146 e. The summed E-state index contributed by atoms with van der Waals surface area (Å²) < 4.78 is 2.20. The molecule has 0 aliphatic carbocycles. The van der Waals surface area contributed by atoms with Crippen molar-refractivity contribution < 1.29 is 0 Å². The van der Waals surface area contributed by atoms with Crippen LogP contribution >= 0.6 is 0 Å². The second-order valence-electron chi connectivity index (χ2n) is 7.79. The third-order valence-electron chi connectivity index (χ3n) is 6.11. The maximum absolute atomic E-state index is 4.99. The lowest BCUT2D eigenvalue weighted by atomic mass is 9.96. The van der Waals surface area contributed by atoms with Gasteiger partial charge in [0.05, 0.1) is 16.7 Å². The summed E-state index contributed by atoms with van der Waals surface area (Å²) in [6, 6.07) is 29.9. The third-order valence-corrected chi connectivity index (χ3v) is 6.11. The van der Waals surface area contributed by atoms with Crippen LogP contribution in [-0.2, 0) is 0 Å². The summed E-state index contributed by atoms with van der Waals surface area (Å²) in [7, 11) is 0. The maximum atomic E-state index is 4.99. The average molecular weight is 396 g/mol. The molecule has 0 saturated carbocycles. The summed E-state index contributed by atoms with van der Waals surface area (Å²) in [4.78, 5) is 4.99. The number of nitrogens with zero attached hydrogens (tertiary/aromatic N) is 2. The third kappa shape index (κ3) is 2.55. The molecule has 0 aliphatic heterocycles. The van der Waals surface area contributed by atoms with Crippen LogP contribution in [0, 0.1) is 0 Å². The molecule has 4 aromatic carbocycles. The zero-order valence-electron chi connectivity index (χ0n) is 17.0. The number of pyridine rings is 1. The van der Waals surface area contributed by atoms with Gasteiger partial charge in [0.25, 0.3) is 0 Å². The first-order valence-corrected chi connectivity index (χ1v) is 10.4. The van der Waals surface area contributed by atoms with E-state index < -0.39 is 0 Å². The molecular weight excluding hydrogens is 376 g/mol. The van der Waals surface area contributed by atoms with Crippen molar-refractivity contribution in [1.82, 2.24) is 9.38 Å². The normalized spacial score (nSPS) is 11.5. The first-order valence-electron chi connectivity index (χ1n) is 10.4. The van der Waals surface area contributed by atoms with E-state index in [1.54, 1.807) is 0 Å². The van der Waals surface area contributed by atoms with E-state index in [2.05, 4.69) is 90.4 Å². The van der Waals surface area contributed by atoms with Crippen LogP contribution in [0.15, 0.2) is 98.1 Å². The molecule has 2 heterocycles. The standard InChI is InChI=1S/C29H20N2/c1-3-23-24-16-15-22(21-14-13-19-9-5-6-10-20(19)17-21)18-25(24)29-30-26-11-7-8-12-28(26)31(29)27(23)4-2/h3-18H,1-2H2. The van der Waals surface area contributed by atoms with E-state index in [0.29, 0.717) is 0 Å². The Kier molecular flexibility index (Phi) is 3.81. The van der Waals surface area contributed by atoms with Crippen LogP contribution in [0.3, 0.4) is 0 Å². The van der Waals surface area contributed by atoms with Crippen molar-refractivity contribution in [3.8, 4) is 11.1 Å². The Bertz CT molecular complexity index is 1670. The van der Waals surface area contributed by atoms with Crippen LogP contribution in [0.5, 0.6) is 0 Å². The summed E-state index contributed by atoms with van der Waals surface area (Å²) in [6.07, 6.45) is 3.82. The molecule has 0 atom stereocenters. The highest BCUT2D eigenvalue weighted by Crippen LogP contribution is 2.35. The number of para-hydroxylation sites is 2. The second-order valence-corrected chi connectivity index (χ2v) is 7.79. The highest BCUT2D eigenvalue weighted by Gasteiger charge is 2.16. The topological polar surface area (TPSA) is 17.3 Å². The molecule has 6 aromatic rings. The molecule has 0 N–H and O–H groups in total. The summed E-state index contributed by atoms with van der Waals surface area (Å²) in [5, 5.41) is 4.74. The Morgan fingerprint density at radius 2 is 1.42 bits per heavy atom. The van der Waals surface area contributed by atoms with Crippen LogP contribution in [0.1, 0.15) is 11.3 Å². The van der Waals surface area contributed by atoms with E-state index in [4.69, 9.17) is 4.98 Å². The van der Waals surface area contributed by atoms with Gasteiger partial charge >= 0.3 is 0 Å². The van der Waals surface area contributed by atoms with E-state index in [1.165, 1.54) is 21.9 Å². The molecule has 0 spiro atoms. The second kappa shape index (κ2) is 6.68. The minimum atomic E-state index is 0.944. The van der Waals surface area contributed by atoms with Gasteiger partial charge in [0, 0.05) is 10.9 Å². The number of fused-ring (bicyclic) bond motifs is 6. The first-order chi connectivity index (χ1) is 15.3. The van der Waals surface area contributed by atoms with Gasteiger partial charge in [-0.25, -0.2) is 4.98 Å².